The number of ether oxygens (including phenoxy) is 2. The van der Waals surface area contributed by atoms with Gasteiger partial charge < -0.3 is 25.2 Å². The highest BCUT2D eigenvalue weighted by atomic mass is 16.6. The van der Waals surface area contributed by atoms with E-state index in [9.17, 15) is 14.7 Å². The second-order valence-electron chi connectivity index (χ2n) is 10.8. The summed E-state index contributed by atoms with van der Waals surface area (Å²) in [5.74, 6) is 0. The Morgan fingerprint density at radius 2 is 1.17 bits per heavy atom. The fraction of sp³-hybridized carbons (Fsp3) is 0.500. The second-order valence-corrected chi connectivity index (χ2v) is 10.8. The SMILES string of the molecule is CC(C)(C)OC(=O)N[C@@H](Cc1ccccc1)C[C@@H](O)[C@H](Cc1ccccc1)NC(=O)OC(C)(C)C. The first kappa shape index (κ1) is 28.2. The maximum atomic E-state index is 12.5. The van der Waals surface area contributed by atoms with E-state index in [1.807, 2.05) is 60.7 Å². The Bertz CT molecular complexity index is 920. The molecule has 0 heterocycles. The number of alkyl carbamates (subject to hydrolysis) is 2. The molecule has 0 unspecified atom stereocenters. The summed E-state index contributed by atoms with van der Waals surface area (Å²) in [5.41, 5.74) is 0.668. The average molecular weight is 485 g/mol. The molecule has 192 valence electrons. The molecule has 0 saturated heterocycles. The molecule has 0 radical (unpaired) electrons. The first-order chi connectivity index (χ1) is 16.3. The van der Waals surface area contributed by atoms with E-state index in [4.69, 9.17) is 9.47 Å². The number of aliphatic hydroxyl groups is 1. The van der Waals surface area contributed by atoms with Gasteiger partial charge in [-0.3, -0.25) is 0 Å². The van der Waals surface area contributed by atoms with Crippen LogP contribution in [0.2, 0.25) is 0 Å². The normalized spacial score (nSPS) is 14.4. The van der Waals surface area contributed by atoms with Crippen LogP contribution in [0, 0.1) is 0 Å². The van der Waals surface area contributed by atoms with E-state index < -0.39 is 41.6 Å². The Hall–Kier alpha value is -3.06. The van der Waals surface area contributed by atoms with E-state index in [1.165, 1.54) is 0 Å². The quantitative estimate of drug-likeness (QED) is 0.465. The van der Waals surface area contributed by atoms with Crippen molar-refractivity contribution in [2.75, 3.05) is 0 Å². The number of aliphatic hydroxyl groups excluding tert-OH is 1. The lowest BCUT2D eigenvalue weighted by Gasteiger charge is -2.30. The van der Waals surface area contributed by atoms with E-state index in [1.54, 1.807) is 41.5 Å². The number of carbonyl (C=O) groups is 2. The zero-order valence-corrected chi connectivity index (χ0v) is 21.7. The molecule has 0 spiro atoms. The number of rotatable bonds is 9. The lowest BCUT2D eigenvalue weighted by Crippen LogP contribution is -2.50. The maximum absolute atomic E-state index is 12.5. The largest absolute Gasteiger partial charge is 0.444 e. The fourth-order valence-corrected chi connectivity index (χ4v) is 3.63. The molecular weight excluding hydrogens is 444 g/mol. The van der Waals surface area contributed by atoms with E-state index >= 15 is 0 Å². The second kappa shape index (κ2) is 12.6. The predicted octanol–water partition coefficient (Wildman–Crippen LogP) is 5.01. The Morgan fingerprint density at radius 1 is 0.743 bits per heavy atom. The summed E-state index contributed by atoms with van der Waals surface area (Å²) in [4.78, 5) is 25.1. The molecule has 7 heteroatoms. The summed E-state index contributed by atoms with van der Waals surface area (Å²) in [5, 5.41) is 17.0. The van der Waals surface area contributed by atoms with Gasteiger partial charge in [-0.1, -0.05) is 60.7 Å². The molecule has 0 fully saturated rings. The highest BCUT2D eigenvalue weighted by molar-refractivity contribution is 5.68. The molecule has 2 aromatic carbocycles. The summed E-state index contributed by atoms with van der Waals surface area (Å²) in [6.45, 7) is 10.8. The fourth-order valence-electron chi connectivity index (χ4n) is 3.63. The van der Waals surface area contributed by atoms with Crippen molar-refractivity contribution in [2.45, 2.75) is 90.2 Å². The molecule has 2 rings (SSSR count). The summed E-state index contributed by atoms with van der Waals surface area (Å²) < 4.78 is 10.9. The molecule has 0 bridgehead atoms. The van der Waals surface area contributed by atoms with Gasteiger partial charge in [0.05, 0.1) is 12.1 Å². The summed E-state index contributed by atoms with van der Waals surface area (Å²) >= 11 is 0. The third kappa shape index (κ3) is 11.8. The van der Waals surface area contributed by atoms with Gasteiger partial charge in [0.15, 0.2) is 0 Å². The number of nitrogens with one attached hydrogen (secondary N) is 2. The molecular formula is C28H40N2O5. The third-order valence-corrected chi connectivity index (χ3v) is 5.04. The molecule has 2 amide bonds. The lowest BCUT2D eigenvalue weighted by atomic mass is 9.94. The first-order valence-electron chi connectivity index (χ1n) is 12.1. The number of amides is 2. The number of benzene rings is 2. The molecule has 3 N–H and O–H groups in total. The zero-order valence-electron chi connectivity index (χ0n) is 21.7. The van der Waals surface area contributed by atoms with Crippen molar-refractivity contribution in [1.29, 1.82) is 0 Å². The molecule has 0 aromatic heterocycles. The van der Waals surface area contributed by atoms with Gasteiger partial charge in [0.1, 0.15) is 11.2 Å². The van der Waals surface area contributed by atoms with Gasteiger partial charge in [-0.25, -0.2) is 9.59 Å². The van der Waals surface area contributed by atoms with Crippen LogP contribution in [0.3, 0.4) is 0 Å². The zero-order chi connectivity index (χ0) is 26.1. The molecule has 0 aliphatic carbocycles. The van der Waals surface area contributed by atoms with Crippen LogP contribution < -0.4 is 10.6 Å². The van der Waals surface area contributed by atoms with Gasteiger partial charge in [-0.15, -0.1) is 0 Å². The van der Waals surface area contributed by atoms with Crippen LogP contribution in [0.4, 0.5) is 9.59 Å². The molecule has 0 aliphatic heterocycles. The lowest BCUT2D eigenvalue weighted by molar-refractivity contribution is 0.0365. The van der Waals surface area contributed by atoms with E-state index in [0.29, 0.717) is 12.8 Å². The smallest absolute Gasteiger partial charge is 0.407 e. The van der Waals surface area contributed by atoms with Crippen molar-refractivity contribution in [3.8, 4) is 0 Å². The minimum Gasteiger partial charge on any atom is -0.444 e. The highest BCUT2D eigenvalue weighted by Gasteiger charge is 2.29. The average Bonchev–Trinajstić information content (AvgIpc) is 2.72. The van der Waals surface area contributed by atoms with Crippen LogP contribution in [-0.4, -0.2) is 46.7 Å². The molecule has 35 heavy (non-hydrogen) atoms. The molecule has 2 aromatic rings. The topological polar surface area (TPSA) is 96.9 Å². The Morgan fingerprint density at radius 3 is 1.63 bits per heavy atom. The van der Waals surface area contributed by atoms with E-state index in [2.05, 4.69) is 10.6 Å². The molecule has 0 saturated carbocycles. The minimum absolute atomic E-state index is 0.210. The van der Waals surface area contributed by atoms with Crippen LogP contribution in [0.25, 0.3) is 0 Å². The number of carbonyl (C=O) groups excluding carboxylic acids is 2. The minimum atomic E-state index is -0.952. The van der Waals surface area contributed by atoms with Gasteiger partial charge in [-0.2, -0.15) is 0 Å². The number of hydrogen-bond acceptors (Lipinski definition) is 5. The van der Waals surface area contributed by atoms with Crippen LogP contribution >= 0.6 is 0 Å². The van der Waals surface area contributed by atoms with Crippen molar-refractivity contribution in [2.24, 2.45) is 0 Å². The summed E-state index contributed by atoms with van der Waals surface area (Å²) in [6, 6.07) is 18.3. The monoisotopic (exact) mass is 484 g/mol. The molecule has 7 nitrogen and oxygen atoms in total. The van der Waals surface area contributed by atoms with Gasteiger partial charge in [0, 0.05) is 6.04 Å². The van der Waals surface area contributed by atoms with Gasteiger partial charge >= 0.3 is 12.2 Å². The predicted molar refractivity (Wildman–Crippen MR) is 137 cm³/mol. The third-order valence-electron chi connectivity index (χ3n) is 5.04. The van der Waals surface area contributed by atoms with E-state index in [-0.39, 0.29) is 6.42 Å². The van der Waals surface area contributed by atoms with Crippen molar-refractivity contribution in [3.63, 3.8) is 0 Å². The first-order valence-corrected chi connectivity index (χ1v) is 12.1. The van der Waals surface area contributed by atoms with Crippen LogP contribution in [0.15, 0.2) is 60.7 Å². The standard InChI is InChI=1S/C28H40N2O5/c1-27(2,3)34-25(32)29-22(17-20-13-9-7-10-14-20)19-24(31)23(18-21-15-11-8-12-16-21)30-26(33)35-28(4,5)6/h7-16,22-24,31H,17-19H2,1-6H3,(H,29,32)(H,30,33)/t22-,23-,24+/m0/s1. The van der Waals surface area contributed by atoms with Crippen molar-refractivity contribution in [1.82, 2.24) is 10.6 Å². The van der Waals surface area contributed by atoms with Gasteiger partial charge in [0.25, 0.3) is 0 Å². The Kier molecular flexibility index (Phi) is 10.1. The number of hydrogen-bond donors (Lipinski definition) is 3. The molecule has 0 aliphatic rings. The van der Waals surface area contributed by atoms with Crippen LogP contribution in [0.5, 0.6) is 0 Å². The van der Waals surface area contributed by atoms with Crippen molar-refractivity contribution in [3.05, 3.63) is 71.8 Å². The van der Waals surface area contributed by atoms with E-state index in [0.717, 1.165) is 11.1 Å². The van der Waals surface area contributed by atoms with Crippen molar-refractivity contribution < 1.29 is 24.2 Å². The summed E-state index contributed by atoms with van der Waals surface area (Å²) in [7, 11) is 0. The Balaban J connectivity index is 2.20. The highest BCUT2D eigenvalue weighted by Crippen LogP contribution is 2.16. The van der Waals surface area contributed by atoms with Gasteiger partial charge in [0.2, 0.25) is 0 Å². The van der Waals surface area contributed by atoms with Crippen LogP contribution in [-0.2, 0) is 22.3 Å². The summed E-state index contributed by atoms with van der Waals surface area (Å²) in [6.07, 6.45) is -0.983. The van der Waals surface area contributed by atoms with Gasteiger partial charge in [-0.05, 0) is 71.9 Å². The van der Waals surface area contributed by atoms with Crippen molar-refractivity contribution >= 4 is 12.2 Å². The maximum Gasteiger partial charge on any atom is 0.407 e. The molecule has 3 atom stereocenters. The Labute approximate surface area is 209 Å². The van der Waals surface area contributed by atoms with Crippen LogP contribution in [0.1, 0.15) is 59.1 Å².